The van der Waals surface area contributed by atoms with Crippen molar-refractivity contribution in [3.8, 4) is 55.6 Å². The number of fused-ring (bicyclic) bond motifs is 10. The SMILES string of the molecule is c1ccc(-c2ccc(N(c3ccccc3-c3ccccc3-c3ccccc3)c3cccc4c3-c3ccccc3C43c4ccccc4-c4ccccc43)cc2)cc1. The molecule has 0 N–H and O–H groups in total. The van der Waals surface area contributed by atoms with Crippen molar-refractivity contribution in [3.05, 3.63) is 247 Å². The zero-order valence-corrected chi connectivity index (χ0v) is 30.8. The highest BCUT2D eigenvalue weighted by atomic mass is 15.1. The first-order valence-corrected chi connectivity index (χ1v) is 19.4. The van der Waals surface area contributed by atoms with Gasteiger partial charge in [-0.1, -0.05) is 200 Å². The van der Waals surface area contributed by atoms with Gasteiger partial charge >= 0.3 is 0 Å². The molecule has 0 radical (unpaired) electrons. The Kier molecular flexibility index (Phi) is 7.47. The summed E-state index contributed by atoms with van der Waals surface area (Å²) in [5.41, 5.74) is 20.7. The molecule has 0 saturated carbocycles. The second kappa shape index (κ2) is 13.0. The maximum atomic E-state index is 2.51. The second-order valence-electron chi connectivity index (χ2n) is 14.8. The molecule has 0 aromatic heterocycles. The molecule has 2 aliphatic carbocycles. The van der Waals surface area contributed by atoms with E-state index in [0.29, 0.717) is 0 Å². The molecule has 1 nitrogen and oxygen atoms in total. The summed E-state index contributed by atoms with van der Waals surface area (Å²) < 4.78 is 0. The molecule has 0 unspecified atom stereocenters. The summed E-state index contributed by atoms with van der Waals surface area (Å²) in [7, 11) is 0. The average Bonchev–Trinajstić information content (AvgIpc) is 3.76. The van der Waals surface area contributed by atoms with E-state index in [2.05, 4.69) is 229 Å². The summed E-state index contributed by atoms with van der Waals surface area (Å²) >= 11 is 0. The van der Waals surface area contributed by atoms with Crippen LogP contribution in [0.25, 0.3) is 55.6 Å². The lowest BCUT2D eigenvalue weighted by atomic mass is 9.70. The topological polar surface area (TPSA) is 3.24 Å². The maximum Gasteiger partial charge on any atom is 0.0726 e. The molecule has 11 rings (SSSR count). The number of benzene rings is 9. The molecule has 1 spiro atoms. The summed E-state index contributed by atoms with van der Waals surface area (Å²) in [5.74, 6) is 0. The molecule has 262 valence electrons. The second-order valence-corrected chi connectivity index (χ2v) is 14.8. The van der Waals surface area contributed by atoms with E-state index in [0.717, 1.165) is 17.1 Å². The van der Waals surface area contributed by atoms with Crippen LogP contribution in [-0.4, -0.2) is 0 Å². The van der Waals surface area contributed by atoms with Crippen LogP contribution in [0.5, 0.6) is 0 Å². The van der Waals surface area contributed by atoms with Gasteiger partial charge in [-0.15, -0.1) is 0 Å². The van der Waals surface area contributed by atoms with Gasteiger partial charge < -0.3 is 4.90 Å². The van der Waals surface area contributed by atoms with Crippen molar-refractivity contribution in [3.63, 3.8) is 0 Å². The van der Waals surface area contributed by atoms with Gasteiger partial charge in [0.2, 0.25) is 0 Å². The van der Waals surface area contributed by atoms with Gasteiger partial charge in [0.25, 0.3) is 0 Å². The first kappa shape index (κ1) is 32.2. The summed E-state index contributed by atoms with van der Waals surface area (Å²) in [6.07, 6.45) is 0. The average molecular weight is 712 g/mol. The fourth-order valence-corrected chi connectivity index (χ4v) is 9.64. The molecule has 1 heteroatoms. The Hall–Kier alpha value is -7.22. The third-order valence-electron chi connectivity index (χ3n) is 11.9. The number of nitrogens with zero attached hydrogens (tertiary/aromatic N) is 1. The van der Waals surface area contributed by atoms with Crippen LogP contribution >= 0.6 is 0 Å². The van der Waals surface area contributed by atoms with Crippen LogP contribution in [0.15, 0.2) is 224 Å². The van der Waals surface area contributed by atoms with Crippen molar-refractivity contribution in [2.45, 2.75) is 5.41 Å². The molecule has 9 aromatic carbocycles. The van der Waals surface area contributed by atoms with E-state index >= 15 is 0 Å². The normalized spacial score (nSPS) is 12.8. The van der Waals surface area contributed by atoms with Gasteiger partial charge in [0.1, 0.15) is 0 Å². The van der Waals surface area contributed by atoms with Crippen LogP contribution in [0.4, 0.5) is 17.1 Å². The molecule has 2 aliphatic rings. The Morgan fingerprint density at radius 3 is 1.32 bits per heavy atom. The highest BCUT2D eigenvalue weighted by Crippen LogP contribution is 2.64. The van der Waals surface area contributed by atoms with Crippen molar-refractivity contribution in [2.24, 2.45) is 0 Å². The Bertz CT molecular complexity index is 2860. The van der Waals surface area contributed by atoms with Crippen LogP contribution < -0.4 is 4.90 Å². The predicted octanol–water partition coefficient (Wildman–Crippen LogP) is 14.5. The van der Waals surface area contributed by atoms with E-state index in [1.165, 1.54) is 77.9 Å². The molecule has 56 heavy (non-hydrogen) atoms. The van der Waals surface area contributed by atoms with Gasteiger partial charge in [0.15, 0.2) is 0 Å². The van der Waals surface area contributed by atoms with Crippen molar-refractivity contribution in [1.29, 1.82) is 0 Å². The van der Waals surface area contributed by atoms with Gasteiger partial charge in [-0.3, -0.25) is 0 Å². The fourth-order valence-electron chi connectivity index (χ4n) is 9.64. The van der Waals surface area contributed by atoms with E-state index in [1.54, 1.807) is 0 Å². The molecule has 0 aliphatic heterocycles. The predicted molar refractivity (Wildman–Crippen MR) is 234 cm³/mol. The van der Waals surface area contributed by atoms with E-state index in [1.807, 2.05) is 0 Å². The Labute approximate surface area is 328 Å². The number of hydrogen-bond donors (Lipinski definition) is 0. The number of para-hydroxylation sites is 1. The van der Waals surface area contributed by atoms with Crippen molar-refractivity contribution >= 4 is 17.1 Å². The standard InChI is InChI=1S/C55H37N/c1-3-18-38(19-4-1)39-34-36-41(37-35-39)56(52-32-16-12-26-46(52)43-23-8-7-22-42(43)40-20-5-2-6-21-40)53-33-17-31-51-54(53)47-27-11-15-30-50(47)55(51)48-28-13-9-24-44(48)45-25-10-14-29-49(45)55/h1-37H. The van der Waals surface area contributed by atoms with Crippen LogP contribution in [0, 0.1) is 0 Å². The molecule has 0 amide bonds. The monoisotopic (exact) mass is 711 g/mol. The zero-order chi connectivity index (χ0) is 37.1. The molecule has 9 aromatic rings. The van der Waals surface area contributed by atoms with Crippen molar-refractivity contribution < 1.29 is 0 Å². The minimum Gasteiger partial charge on any atom is -0.309 e. The highest BCUT2D eigenvalue weighted by molar-refractivity contribution is 6.03. The summed E-state index contributed by atoms with van der Waals surface area (Å²) in [5, 5.41) is 0. The van der Waals surface area contributed by atoms with Gasteiger partial charge in [0.05, 0.1) is 16.8 Å². The molecule has 0 atom stereocenters. The Balaban J connectivity index is 1.20. The minimum absolute atomic E-state index is 0.433. The third-order valence-corrected chi connectivity index (χ3v) is 11.9. The fraction of sp³-hybridized carbons (Fsp3) is 0.0182. The Morgan fingerprint density at radius 1 is 0.250 bits per heavy atom. The molecular weight excluding hydrogens is 675 g/mol. The van der Waals surface area contributed by atoms with Crippen LogP contribution in [-0.2, 0) is 5.41 Å². The number of hydrogen-bond acceptors (Lipinski definition) is 1. The zero-order valence-electron chi connectivity index (χ0n) is 30.8. The van der Waals surface area contributed by atoms with Gasteiger partial charge in [-0.25, -0.2) is 0 Å². The first-order chi connectivity index (χ1) is 27.8. The van der Waals surface area contributed by atoms with Crippen LogP contribution in [0.2, 0.25) is 0 Å². The summed E-state index contributed by atoms with van der Waals surface area (Å²) in [6.45, 7) is 0. The summed E-state index contributed by atoms with van der Waals surface area (Å²) in [4.78, 5) is 2.51. The largest absolute Gasteiger partial charge is 0.309 e. The first-order valence-electron chi connectivity index (χ1n) is 19.4. The molecule has 0 heterocycles. The van der Waals surface area contributed by atoms with E-state index in [-0.39, 0.29) is 0 Å². The van der Waals surface area contributed by atoms with Crippen molar-refractivity contribution in [1.82, 2.24) is 0 Å². The third kappa shape index (κ3) is 4.74. The number of rotatable bonds is 6. The van der Waals surface area contributed by atoms with Crippen molar-refractivity contribution in [2.75, 3.05) is 4.90 Å². The molecule has 0 bridgehead atoms. The quantitative estimate of drug-likeness (QED) is 0.166. The molecular formula is C55H37N. The maximum absolute atomic E-state index is 2.51. The lowest BCUT2D eigenvalue weighted by Crippen LogP contribution is -2.26. The molecule has 0 saturated heterocycles. The molecule has 0 fully saturated rings. The van der Waals surface area contributed by atoms with E-state index in [4.69, 9.17) is 0 Å². The van der Waals surface area contributed by atoms with E-state index in [9.17, 15) is 0 Å². The summed E-state index contributed by atoms with van der Waals surface area (Å²) in [6, 6.07) is 82.4. The minimum atomic E-state index is -0.433. The van der Waals surface area contributed by atoms with E-state index < -0.39 is 5.41 Å². The van der Waals surface area contributed by atoms with Crippen LogP contribution in [0.3, 0.4) is 0 Å². The van der Waals surface area contributed by atoms with Crippen LogP contribution in [0.1, 0.15) is 22.3 Å². The smallest absolute Gasteiger partial charge is 0.0726 e. The highest BCUT2D eigenvalue weighted by Gasteiger charge is 2.52. The Morgan fingerprint density at radius 2 is 0.679 bits per heavy atom. The van der Waals surface area contributed by atoms with Gasteiger partial charge in [0, 0.05) is 16.8 Å². The number of anilines is 3. The lowest BCUT2D eigenvalue weighted by molar-refractivity contribution is 0.794. The van der Waals surface area contributed by atoms with Gasteiger partial charge in [-0.2, -0.15) is 0 Å². The lowest BCUT2D eigenvalue weighted by Gasteiger charge is -2.32. The van der Waals surface area contributed by atoms with Gasteiger partial charge in [-0.05, 0) is 91.0 Å².